The molecule has 1 fully saturated rings. The molecule has 0 bridgehead atoms. The van der Waals surface area contributed by atoms with E-state index < -0.39 is 29.6 Å². The van der Waals surface area contributed by atoms with Crippen molar-refractivity contribution in [3.05, 3.63) is 64.5 Å². The largest absolute Gasteiger partial charge is 0.573 e. The Bertz CT molecular complexity index is 924. The van der Waals surface area contributed by atoms with Crippen molar-refractivity contribution in [2.24, 2.45) is 11.8 Å². The fraction of sp³-hybridized carbons (Fsp3) is 0.556. The summed E-state index contributed by atoms with van der Waals surface area (Å²) in [5.41, 5.74) is 0.909. The smallest absolute Gasteiger partial charge is 0.403 e. The number of rotatable bonds is 9. The van der Waals surface area contributed by atoms with E-state index in [4.69, 9.17) is 0 Å². The number of alkyl halides is 3. The SMILES string of the molecule is CCC(C)CCC1CCC(c2cc(F)c(CCc3ccc(OC(F)(F)F)c(F)c3)c(F)c2)CC1. The van der Waals surface area contributed by atoms with E-state index in [1.165, 1.54) is 37.5 Å². The first-order valence-electron chi connectivity index (χ1n) is 12.1. The summed E-state index contributed by atoms with van der Waals surface area (Å²) >= 11 is 0. The fourth-order valence-electron chi connectivity index (χ4n) is 4.78. The van der Waals surface area contributed by atoms with Crippen molar-refractivity contribution in [3.63, 3.8) is 0 Å². The van der Waals surface area contributed by atoms with Gasteiger partial charge in [-0.05, 0) is 91.7 Å². The maximum absolute atomic E-state index is 14.8. The average molecular weight is 487 g/mol. The van der Waals surface area contributed by atoms with Crippen LogP contribution >= 0.6 is 0 Å². The summed E-state index contributed by atoms with van der Waals surface area (Å²) in [6, 6.07) is 5.83. The Labute approximate surface area is 197 Å². The molecule has 0 heterocycles. The summed E-state index contributed by atoms with van der Waals surface area (Å²) < 4.78 is 83.8. The molecular formula is C27H32F6O. The molecule has 0 saturated heterocycles. The zero-order chi connectivity index (χ0) is 24.9. The van der Waals surface area contributed by atoms with Crippen LogP contribution in [0.15, 0.2) is 30.3 Å². The zero-order valence-corrected chi connectivity index (χ0v) is 19.7. The minimum atomic E-state index is -5.00. The van der Waals surface area contributed by atoms with Crippen molar-refractivity contribution in [1.29, 1.82) is 0 Å². The lowest BCUT2D eigenvalue weighted by atomic mass is 9.76. The van der Waals surface area contributed by atoms with Crippen molar-refractivity contribution in [3.8, 4) is 5.75 Å². The van der Waals surface area contributed by atoms with E-state index in [9.17, 15) is 26.3 Å². The first kappa shape index (κ1) is 26.4. The van der Waals surface area contributed by atoms with Crippen LogP contribution in [-0.2, 0) is 12.8 Å². The summed E-state index contributed by atoms with van der Waals surface area (Å²) in [6.45, 7) is 4.47. The molecule has 0 spiro atoms. The highest BCUT2D eigenvalue weighted by atomic mass is 19.4. The van der Waals surface area contributed by atoms with Gasteiger partial charge in [0, 0.05) is 5.56 Å². The highest BCUT2D eigenvalue weighted by molar-refractivity contribution is 5.32. The molecule has 1 aliphatic rings. The van der Waals surface area contributed by atoms with E-state index in [1.54, 1.807) is 0 Å². The Balaban J connectivity index is 1.58. The van der Waals surface area contributed by atoms with Crippen molar-refractivity contribution in [2.75, 3.05) is 0 Å². The van der Waals surface area contributed by atoms with Gasteiger partial charge in [0.1, 0.15) is 11.6 Å². The van der Waals surface area contributed by atoms with Crippen molar-refractivity contribution in [2.45, 2.75) is 83.9 Å². The van der Waals surface area contributed by atoms with Crippen molar-refractivity contribution >= 4 is 0 Å². The van der Waals surface area contributed by atoms with Gasteiger partial charge in [-0.2, -0.15) is 0 Å². The summed E-state index contributed by atoms with van der Waals surface area (Å²) in [4.78, 5) is 0. The first-order valence-corrected chi connectivity index (χ1v) is 12.1. The molecular weight excluding hydrogens is 454 g/mol. The average Bonchev–Trinajstić information content (AvgIpc) is 2.78. The number of ether oxygens (including phenoxy) is 1. The van der Waals surface area contributed by atoms with Crippen LogP contribution in [0.4, 0.5) is 26.3 Å². The fourth-order valence-corrected chi connectivity index (χ4v) is 4.78. The molecule has 2 aromatic carbocycles. The molecule has 1 saturated carbocycles. The third kappa shape index (κ3) is 7.41. The zero-order valence-electron chi connectivity index (χ0n) is 19.7. The van der Waals surface area contributed by atoms with Gasteiger partial charge >= 0.3 is 6.36 Å². The Morgan fingerprint density at radius 1 is 0.912 bits per heavy atom. The third-order valence-electron chi connectivity index (χ3n) is 7.13. The van der Waals surface area contributed by atoms with Gasteiger partial charge in [-0.1, -0.05) is 39.2 Å². The highest BCUT2D eigenvalue weighted by Crippen LogP contribution is 2.39. The predicted octanol–water partition coefficient (Wildman–Crippen LogP) is 8.89. The minimum Gasteiger partial charge on any atom is -0.403 e. The van der Waals surface area contributed by atoms with Gasteiger partial charge in [0.15, 0.2) is 11.6 Å². The van der Waals surface area contributed by atoms with Crippen LogP contribution in [0.2, 0.25) is 0 Å². The van der Waals surface area contributed by atoms with Crippen molar-refractivity contribution in [1.82, 2.24) is 0 Å². The van der Waals surface area contributed by atoms with Crippen molar-refractivity contribution < 1.29 is 31.1 Å². The first-order chi connectivity index (χ1) is 16.1. The molecule has 0 radical (unpaired) electrons. The van der Waals surface area contributed by atoms with Crippen LogP contribution in [-0.4, -0.2) is 6.36 Å². The van der Waals surface area contributed by atoms with E-state index in [0.717, 1.165) is 43.7 Å². The second kappa shape index (κ2) is 11.5. The quantitative estimate of drug-likeness (QED) is 0.322. The predicted molar refractivity (Wildman–Crippen MR) is 120 cm³/mol. The Morgan fingerprint density at radius 3 is 2.12 bits per heavy atom. The lowest BCUT2D eigenvalue weighted by Crippen LogP contribution is -2.18. The molecule has 0 aliphatic heterocycles. The van der Waals surface area contributed by atoms with Crippen LogP contribution in [0, 0.1) is 29.3 Å². The molecule has 1 aliphatic carbocycles. The number of hydrogen-bond donors (Lipinski definition) is 0. The van der Waals surface area contributed by atoms with E-state index in [-0.39, 0.29) is 24.3 Å². The van der Waals surface area contributed by atoms with Gasteiger partial charge in [-0.3, -0.25) is 0 Å². The van der Waals surface area contributed by atoms with E-state index in [1.807, 2.05) is 0 Å². The second-order valence-electron chi connectivity index (χ2n) is 9.58. The highest BCUT2D eigenvalue weighted by Gasteiger charge is 2.32. The summed E-state index contributed by atoms with van der Waals surface area (Å²) in [7, 11) is 0. The Morgan fingerprint density at radius 2 is 1.56 bits per heavy atom. The molecule has 0 N–H and O–H groups in total. The molecule has 7 heteroatoms. The molecule has 2 aromatic rings. The topological polar surface area (TPSA) is 9.23 Å². The van der Waals surface area contributed by atoms with E-state index >= 15 is 0 Å². The number of hydrogen-bond acceptors (Lipinski definition) is 1. The Kier molecular flexibility index (Phi) is 8.94. The van der Waals surface area contributed by atoms with E-state index in [2.05, 4.69) is 18.6 Å². The maximum atomic E-state index is 14.8. The molecule has 3 rings (SSSR count). The summed E-state index contributed by atoms with van der Waals surface area (Å²) in [6.07, 6.45) is 2.69. The molecule has 1 nitrogen and oxygen atoms in total. The van der Waals surface area contributed by atoms with Crippen LogP contribution in [0.5, 0.6) is 5.75 Å². The maximum Gasteiger partial charge on any atom is 0.573 e. The lowest BCUT2D eigenvalue weighted by Gasteiger charge is -2.29. The number of aryl methyl sites for hydroxylation is 1. The monoisotopic (exact) mass is 486 g/mol. The molecule has 1 atom stereocenters. The van der Waals surface area contributed by atoms with Gasteiger partial charge < -0.3 is 4.74 Å². The molecule has 0 aromatic heterocycles. The molecule has 1 unspecified atom stereocenters. The standard InChI is InChI=1S/C27H32F6O/c1-3-17(2)4-5-18-6-10-20(11-7-18)21-15-23(28)22(24(29)16-21)12-8-19-9-13-26(25(30)14-19)34-27(31,32)33/h9,13-18,20H,3-8,10-12H2,1-2H3. The van der Waals surface area contributed by atoms with Gasteiger partial charge in [-0.15, -0.1) is 13.2 Å². The van der Waals surface area contributed by atoms with E-state index in [0.29, 0.717) is 17.0 Å². The molecule has 188 valence electrons. The molecule has 34 heavy (non-hydrogen) atoms. The van der Waals surface area contributed by atoms with Crippen LogP contribution in [0.25, 0.3) is 0 Å². The number of benzene rings is 2. The van der Waals surface area contributed by atoms with Crippen LogP contribution in [0.1, 0.15) is 81.4 Å². The second-order valence-corrected chi connectivity index (χ2v) is 9.58. The van der Waals surface area contributed by atoms with Gasteiger partial charge in [0.25, 0.3) is 0 Å². The summed E-state index contributed by atoms with van der Waals surface area (Å²) in [5, 5.41) is 0. The van der Waals surface area contributed by atoms with Crippen LogP contribution < -0.4 is 4.74 Å². The number of halogens is 6. The Hall–Kier alpha value is -2.18. The summed E-state index contributed by atoms with van der Waals surface area (Å²) in [5.74, 6) is -1.81. The van der Waals surface area contributed by atoms with Gasteiger partial charge in [-0.25, -0.2) is 13.2 Å². The minimum absolute atomic E-state index is 0.0286. The lowest BCUT2D eigenvalue weighted by molar-refractivity contribution is -0.275. The van der Waals surface area contributed by atoms with Gasteiger partial charge in [0.05, 0.1) is 0 Å². The normalized spacial score (nSPS) is 19.8. The molecule has 0 amide bonds. The van der Waals surface area contributed by atoms with Crippen LogP contribution in [0.3, 0.4) is 0 Å². The van der Waals surface area contributed by atoms with Gasteiger partial charge in [0.2, 0.25) is 0 Å². The third-order valence-corrected chi connectivity index (χ3v) is 7.13.